The van der Waals surface area contributed by atoms with Crippen LogP contribution in [0.15, 0.2) is 39.5 Å². The number of halogens is 1. The van der Waals surface area contributed by atoms with E-state index in [1.54, 1.807) is 32.3 Å². The van der Waals surface area contributed by atoms with E-state index in [-0.39, 0.29) is 29.2 Å². The molecular weight excluding hydrogens is 477 g/mol. The Labute approximate surface area is 214 Å². The molecule has 13 heteroatoms. The smallest absolute Gasteiger partial charge is 0.288 e. The number of aromatic nitrogens is 3. The van der Waals surface area contributed by atoms with Crippen LogP contribution >= 0.6 is 0 Å². The number of rotatable bonds is 6. The summed E-state index contributed by atoms with van der Waals surface area (Å²) in [6.45, 7) is 5.04. The number of nitrogens with zero attached hydrogens (tertiary/aromatic N) is 10. The van der Waals surface area contributed by atoms with E-state index in [1.165, 1.54) is 4.90 Å². The van der Waals surface area contributed by atoms with Crippen LogP contribution in [0, 0.1) is 5.82 Å². The van der Waals surface area contributed by atoms with Crippen LogP contribution in [0.3, 0.4) is 0 Å². The molecule has 2 aromatic rings. The summed E-state index contributed by atoms with van der Waals surface area (Å²) < 4.78 is 14.7. The van der Waals surface area contributed by atoms with Crippen LogP contribution in [-0.4, -0.2) is 125 Å². The minimum absolute atomic E-state index is 0.0420. The van der Waals surface area contributed by atoms with E-state index in [0.29, 0.717) is 5.82 Å². The summed E-state index contributed by atoms with van der Waals surface area (Å²) in [5.41, 5.74) is 1.07. The first kappa shape index (κ1) is 24.8. The fourth-order valence-electron chi connectivity index (χ4n) is 4.32. The van der Waals surface area contributed by atoms with Gasteiger partial charge in [-0.3, -0.25) is 14.7 Å². The Morgan fingerprint density at radius 2 is 1.89 bits per heavy atom. The Bertz CT molecular complexity index is 1250. The van der Waals surface area contributed by atoms with Gasteiger partial charge < -0.3 is 20.0 Å². The maximum atomic E-state index is 14.7. The first-order valence-electron chi connectivity index (χ1n) is 12.1. The van der Waals surface area contributed by atoms with Gasteiger partial charge in [-0.25, -0.2) is 29.3 Å². The molecule has 2 atom stereocenters. The van der Waals surface area contributed by atoms with Crippen LogP contribution < -0.4 is 5.32 Å². The fourth-order valence-corrected chi connectivity index (χ4v) is 4.32. The number of likely N-dealkylation sites (N-methyl/N-ethyl adjacent to an activating group) is 3. The summed E-state index contributed by atoms with van der Waals surface area (Å²) in [5.74, 6) is 0.231. The van der Waals surface area contributed by atoms with Crippen LogP contribution in [0.25, 0.3) is 0 Å². The molecule has 0 spiro atoms. The molecule has 0 aliphatic carbocycles. The van der Waals surface area contributed by atoms with Gasteiger partial charge >= 0.3 is 0 Å². The highest BCUT2D eigenvalue weighted by Gasteiger charge is 2.39. The molecule has 0 aromatic carbocycles. The molecule has 2 unspecified atom stereocenters. The summed E-state index contributed by atoms with van der Waals surface area (Å²) >= 11 is 0. The molecule has 37 heavy (non-hydrogen) atoms. The highest BCUT2D eigenvalue weighted by atomic mass is 19.1. The van der Waals surface area contributed by atoms with Crippen LogP contribution in [0.5, 0.6) is 0 Å². The van der Waals surface area contributed by atoms with Crippen molar-refractivity contribution >= 4 is 35.6 Å². The summed E-state index contributed by atoms with van der Waals surface area (Å²) in [4.78, 5) is 46.3. The monoisotopic (exact) mass is 507 g/mol. The molecule has 0 radical (unpaired) electrons. The van der Waals surface area contributed by atoms with E-state index in [1.807, 2.05) is 18.3 Å². The molecule has 194 valence electrons. The highest BCUT2D eigenvalue weighted by Crippen LogP contribution is 2.23. The molecule has 1 saturated heterocycles. The Morgan fingerprint density at radius 1 is 1.11 bits per heavy atom. The summed E-state index contributed by atoms with van der Waals surface area (Å²) in [5, 5.41) is 3.03. The molecule has 3 aliphatic heterocycles. The predicted molar refractivity (Wildman–Crippen MR) is 139 cm³/mol. The van der Waals surface area contributed by atoms with Crippen molar-refractivity contribution in [1.82, 2.24) is 34.6 Å². The maximum Gasteiger partial charge on any atom is 0.288 e. The Hall–Kier alpha value is -3.84. The lowest BCUT2D eigenvalue weighted by molar-refractivity contribution is -0.122. The van der Waals surface area contributed by atoms with Crippen LogP contribution in [0.1, 0.15) is 11.3 Å². The van der Waals surface area contributed by atoms with Crippen molar-refractivity contribution in [3.8, 4) is 0 Å². The number of anilines is 2. The number of hydrogen-bond donors (Lipinski definition) is 1. The lowest BCUT2D eigenvalue weighted by Crippen LogP contribution is -2.43. The van der Waals surface area contributed by atoms with Gasteiger partial charge in [-0.2, -0.15) is 0 Å². The normalized spacial score (nSPS) is 21.9. The lowest BCUT2D eigenvalue weighted by atomic mass is 10.2. The summed E-state index contributed by atoms with van der Waals surface area (Å²) in [6, 6.07) is 3.44. The molecule has 1 N–H and O–H groups in total. The van der Waals surface area contributed by atoms with Gasteiger partial charge in [-0.1, -0.05) is 6.07 Å². The first-order valence-corrected chi connectivity index (χ1v) is 12.1. The Balaban J connectivity index is 1.28. The number of amides is 1. The third-order valence-electron chi connectivity index (χ3n) is 6.53. The third-order valence-corrected chi connectivity index (χ3v) is 6.53. The SMILES string of the molecule is CN1CCN(Cc2ccc(Nc3ncc(F)c(C4=NC5C(C=N4)N=C(C(=O)N(C)C)N5C)n3)nc2)CC1. The number of piperazine rings is 1. The second-order valence-electron chi connectivity index (χ2n) is 9.54. The van der Waals surface area contributed by atoms with Crippen molar-refractivity contribution in [2.75, 3.05) is 59.7 Å². The van der Waals surface area contributed by atoms with E-state index < -0.39 is 18.0 Å². The van der Waals surface area contributed by atoms with Gasteiger partial charge in [0.25, 0.3) is 5.91 Å². The Kier molecular flexibility index (Phi) is 6.89. The average molecular weight is 508 g/mol. The third kappa shape index (κ3) is 5.32. The molecule has 0 bridgehead atoms. The second kappa shape index (κ2) is 10.3. The molecule has 1 amide bonds. The minimum Gasteiger partial charge on any atom is -0.342 e. The molecule has 3 aliphatic rings. The molecule has 5 rings (SSSR count). The van der Waals surface area contributed by atoms with E-state index in [2.05, 4.69) is 52.1 Å². The highest BCUT2D eigenvalue weighted by molar-refractivity contribution is 6.38. The summed E-state index contributed by atoms with van der Waals surface area (Å²) in [7, 11) is 7.18. The fraction of sp³-hybridized carbons (Fsp3) is 0.458. The number of carbonyl (C=O) groups is 1. The largest absolute Gasteiger partial charge is 0.342 e. The van der Waals surface area contributed by atoms with Crippen LogP contribution in [-0.2, 0) is 11.3 Å². The van der Waals surface area contributed by atoms with Crippen LogP contribution in [0.2, 0.25) is 0 Å². The zero-order valence-corrected chi connectivity index (χ0v) is 21.3. The number of hydrogen-bond acceptors (Lipinski definition) is 11. The van der Waals surface area contributed by atoms with Crippen molar-refractivity contribution in [2.24, 2.45) is 15.0 Å². The number of amidine groups is 2. The van der Waals surface area contributed by atoms with Crippen molar-refractivity contribution in [1.29, 1.82) is 0 Å². The van der Waals surface area contributed by atoms with Gasteiger partial charge in [0.05, 0.1) is 6.20 Å². The van der Waals surface area contributed by atoms with E-state index >= 15 is 0 Å². The molecule has 12 nitrogen and oxygen atoms in total. The van der Waals surface area contributed by atoms with Crippen molar-refractivity contribution in [3.05, 3.63) is 41.6 Å². The van der Waals surface area contributed by atoms with Gasteiger partial charge in [-0.15, -0.1) is 0 Å². The summed E-state index contributed by atoms with van der Waals surface area (Å²) in [6.07, 6.45) is 3.96. The van der Waals surface area contributed by atoms with E-state index in [9.17, 15) is 9.18 Å². The number of carbonyl (C=O) groups excluding carboxylic acids is 1. The van der Waals surface area contributed by atoms with Gasteiger partial charge in [0, 0.05) is 66.3 Å². The van der Waals surface area contributed by atoms with Gasteiger partial charge in [-0.05, 0) is 18.7 Å². The zero-order chi connectivity index (χ0) is 26.1. The van der Waals surface area contributed by atoms with E-state index in [0.717, 1.165) is 44.5 Å². The van der Waals surface area contributed by atoms with Gasteiger partial charge in [0.15, 0.2) is 23.7 Å². The first-order chi connectivity index (χ1) is 17.8. The molecule has 1 fully saturated rings. The lowest BCUT2D eigenvalue weighted by Gasteiger charge is -2.32. The number of fused-ring (bicyclic) bond motifs is 1. The van der Waals surface area contributed by atoms with E-state index in [4.69, 9.17) is 0 Å². The maximum absolute atomic E-state index is 14.7. The number of nitrogens with one attached hydrogen (secondary N) is 1. The predicted octanol–water partition coefficient (Wildman–Crippen LogP) is 0.460. The minimum atomic E-state index is -0.651. The molecular formula is C24H30FN11O. The quantitative estimate of drug-likeness (QED) is 0.599. The van der Waals surface area contributed by atoms with Crippen molar-refractivity contribution in [2.45, 2.75) is 18.8 Å². The van der Waals surface area contributed by atoms with Gasteiger partial charge in [0.1, 0.15) is 17.6 Å². The molecule has 5 heterocycles. The molecule has 0 saturated carbocycles. The topological polar surface area (TPSA) is 118 Å². The van der Waals surface area contributed by atoms with Crippen LogP contribution in [0.4, 0.5) is 16.2 Å². The number of pyridine rings is 1. The van der Waals surface area contributed by atoms with Crippen molar-refractivity contribution < 1.29 is 9.18 Å². The standard InChI is InChI=1S/C24H30FN11O/c1-33(2)23(37)22-29-17-13-27-20(32-21(17)35(22)4)19-16(25)12-28-24(31-19)30-18-6-5-15(11-26-18)14-36-9-7-34(3)8-10-36/h5-6,11-13,17,21H,7-10,14H2,1-4H3,(H,26,28,30,31). The van der Waals surface area contributed by atoms with Gasteiger partial charge in [0.2, 0.25) is 5.95 Å². The molecule has 2 aromatic heterocycles. The van der Waals surface area contributed by atoms with Crippen molar-refractivity contribution in [3.63, 3.8) is 0 Å². The second-order valence-corrected chi connectivity index (χ2v) is 9.54. The Morgan fingerprint density at radius 3 is 2.59 bits per heavy atom. The number of aliphatic imine (C=N–C) groups is 3. The zero-order valence-electron chi connectivity index (χ0n) is 21.3. The average Bonchev–Trinajstić information content (AvgIpc) is 3.22.